The molecule has 7 nitrogen and oxygen atoms in total. The molecule has 25 heavy (non-hydrogen) atoms. The van der Waals surface area contributed by atoms with Crippen molar-refractivity contribution in [3.8, 4) is 0 Å². The molecule has 1 aromatic heterocycles. The molecule has 3 aliphatic heterocycles. The number of rotatable bonds is 1. The number of aromatic nitrogens is 2. The Kier molecular flexibility index (Phi) is 4.39. The van der Waals surface area contributed by atoms with Gasteiger partial charge in [-0.05, 0) is 26.2 Å². The summed E-state index contributed by atoms with van der Waals surface area (Å²) in [6, 6.07) is 0.154. The van der Waals surface area contributed by atoms with Crippen molar-refractivity contribution < 1.29 is 9.59 Å². The highest BCUT2D eigenvalue weighted by molar-refractivity contribution is 5.80. The number of hydrogen-bond donors (Lipinski definition) is 0. The van der Waals surface area contributed by atoms with Gasteiger partial charge >= 0.3 is 6.03 Å². The minimum Gasteiger partial charge on any atom is -0.339 e. The number of aryl methyl sites for hydroxylation is 1. The number of carbonyl (C=O) groups excluding carboxylic acids is 2. The number of piperazine rings is 1. The van der Waals surface area contributed by atoms with E-state index in [1.165, 1.54) is 5.69 Å². The Bertz CT molecular complexity index is 656. The standard InChI is InChI=1S/C18H27N5O2/c1-14-19-13-16-12-15(4-7-23(14)16)17(24)20-8-10-22(11-9-20)18(25)21-5-2-3-6-21/h13,15H,2-12H2,1H3. The van der Waals surface area contributed by atoms with Crippen molar-refractivity contribution in [1.82, 2.24) is 24.3 Å². The van der Waals surface area contributed by atoms with Crippen LogP contribution in [0.25, 0.3) is 0 Å². The quantitative estimate of drug-likeness (QED) is 0.766. The monoisotopic (exact) mass is 345 g/mol. The van der Waals surface area contributed by atoms with Crippen LogP contribution in [0.3, 0.4) is 0 Å². The third-order valence-corrected chi connectivity index (χ3v) is 5.88. The topological polar surface area (TPSA) is 61.7 Å². The third-order valence-electron chi connectivity index (χ3n) is 5.88. The molecular formula is C18H27N5O2. The van der Waals surface area contributed by atoms with Gasteiger partial charge in [-0.3, -0.25) is 4.79 Å². The molecule has 2 saturated heterocycles. The number of likely N-dealkylation sites (tertiary alicyclic amines) is 1. The van der Waals surface area contributed by atoms with Crippen LogP contribution in [0.4, 0.5) is 4.79 Å². The lowest BCUT2D eigenvalue weighted by atomic mass is 9.94. The zero-order chi connectivity index (χ0) is 17.4. The zero-order valence-corrected chi connectivity index (χ0v) is 15.0. The van der Waals surface area contributed by atoms with Crippen LogP contribution in [0, 0.1) is 12.8 Å². The van der Waals surface area contributed by atoms with Gasteiger partial charge in [0.05, 0.1) is 0 Å². The Morgan fingerprint density at radius 2 is 1.60 bits per heavy atom. The summed E-state index contributed by atoms with van der Waals surface area (Å²) in [6.45, 7) is 7.30. The van der Waals surface area contributed by atoms with Crippen LogP contribution in [-0.4, -0.2) is 75.5 Å². The number of hydrogen-bond acceptors (Lipinski definition) is 3. The molecular weight excluding hydrogens is 318 g/mol. The van der Waals surface area contributed by atoms with E-state index in [4.69, 9.17) is 0 Å². The molecule has 1 aromatic rings. The van der Waals surface area contributed by atoms with E-state index in [0.29, 0.717) is 26.2 Å². The van der Waals surface area contributed by atoms with E-state index in [0.717, 1.165) is 51.1 Å². The molecule has 0 bridgehead atoms. The average Bonchev–Trinajstić information content (AvgIpc) is 3.31. The van der Waals surface area contributed by atoms with Gasteiger partial charge in [0.1, 0.15) is 5.82 Å². The first-order valence-corrected chi connectivity index (χ1v) is 9.47. The van der Waals surface area contributed by atoms with Gasteiger partial charge in [-0.2, -0.15) is 0 Å². The van der Waals surface area contributed by atoms with Gasteiger partial charge < -0.3 is 19.3 Å². The van der Waals surface area contributed by atoms with Crippen molar-refractivity contribution >= 4 is 11.9 Å². The summed E-state index contributed by atoms with van der Waals surface area (Å²) >= 11 is 0. The maximum absolute atomic E-state index is 12.9. The van der Waals surface area contributed by atoms with E-state index in [9.17, 15) is 9.59 Å². The highest BCUT2D eigenvalue weighted by atomic mass is 16.2. The van der Waals surface area contributed by atoms with Gasteiger partial charge in [-0.25, -0.2) is 9.78 Å². The average molecular weight is 345 g/mol. The SMILES string of the molecule is Cc1ncc2n1CCC(C(=O)N1CCN(C(=O)N3CCCC3)CC1)C2. The number of fused-ring (bicyclic) bond motifs is 1. The molecule has 0 radical (unpaired) electrons. The number of nitrogens with zero attached hydrogens (tertiary/aromatic N) is 5. The summed E-state index contributed by atoms with van der Waals surface area (Å²) in [4.78, 5) is 35.5. The number of urea groups is 1. The minimum absolute atomic E-state index is 0.0597. The fourth-order valence-corrected chi connectivity index (χ4v) is 4.32. The van der Waals surface area contributed by atoms with Gasteiger partial charge in [0.15, 0.2) is 0 Å². The van der Waals surface area contributed by atoms with Crippen molar-refractivity contribution in [3.05, 3.63) is 17.7 Å². The summed E-state index contributed by atoms with van der Waals surface area (Å²) in [5.41, 5.74) is 1.17. The molecule has 4 rings (SSSR count). The van der Waals surface area contributed by atoms with E-state index in [1.807, 2.05) is 27.8 Å². The summed E-state index contributed by atoms with van der Waals surface area (Å²) in [7, 11) is 0. The largest absolute Gasteiger partial charge is 0.339 e. The normalized spacial score (nSPS) is 23.7. The second-order valence-electron chi connectivity index (χ2n) is 7.43. The Morgan fingerprint density at radius 3 is 2.32 bits per heavy atom. The van der Waals surface area contributed by atoms with Gasteiger partial charge in [0.2, 0.25) is 5.91 Å². The Balaban J connectivity index is 1.32. The van der Waals surface area contributed by atoms with Crippen molar-refractivity contribution in [3.63, 3.8) is 0 Å². The van der Waals surface area contributed by atoms with Gasteiger partial charge in [-0.15, -0.1) is 0 Å². The molecule has 0 saturated carbocycles. The van der Waals surface area contributed by atoms with E-state index < -0.39 is 0 Å². The highest BCUT2D eigenvalue weighted by Crippen LogP contribution is 2.24. The fraction of sp³-hybridized carbons (Fsp3) is 0.722. The molecule has 0 N–H and O–H groups in total. The summed E-state index contributed by atoms with van der Waals surface area (Å²) in [5, 5.41) is 0. The molecule has 0 aromatic carbocycles. The third kappa shape index (κ3) is 3.12. The van der Waals surface area contributed by atoms with Crippen molar-refractivity contribution in [2.75, 3.05) is 39.3 Å². The first-order chi connectivity index (χ1) is 12.1. The van der Waals surface area contributed by atoms with Crippen LogP contribution < -0.4 is 0 Å². The van der Waals surface area contributed by atoms with Crippen LogP contribution in [0.1, 0.15) is 30.8 Å². The molecule has 0 spiro atoms. The molecule has 1 unspecified atom stereocenters. The summed E-state index contributed by atoms with van der Waals surface area (Å²) in [6.07, 6.45) is 5.80. The Labute approximate surface area is 148 Å². The lowest BCUT2D eigenvalue weighted by molar-refractivity contribution is -0.137. The van der Waals surface area contributed by atoms with Crippen LogP contribution in [0.5, 0.6) is 0 Å². The van der Waals surface area contributed by atoms with Gasteiger partial charge in [-0.1, -0.05) is 0 Å². The molecule has 3 aliphatic rings. The summed E-state index contributed by atoms with van der Waals surface area (Å²) < 4.78 is 2.22. The highest BCUT2D eigenvalue weighted by Gasteiger charge is 2.33. The molecule has 3 amide bonds. The Hall–Kier alpha value is -2.05. The molecule has 4 heterocycles. The van der Waals surface area contributed by atoms with Gasteiger partial charge in [0, 0.05) is 70.0 Å². The van der Waals surface area contributed by atoms with E-state index >= 15 is 0 Å². The lowest BCUT2D eigenvalue weighted by Crippen LogP contribution is -2.54. The van der Waals surface area contributed by atoms with Crippen LogP contribution in [-0.2, 0) is 17.8 Å². The predicted molar refractivity (Wildman–Crippen MR) is 93.1 cm³/mol. The molecule has 0 aliphatic carbocycles. The number of amides is 3. The second-order valence-corrected chi connectivity index (χ2v) is 7.43. The molecule has 1 atom stereocenters. The van der Waals surface area contributed by atoms with Crippen molar-refractivity contribution in [2.45, 2.75) is 39.2 Å². The van der Waals surface area contributed by atoms with Gasteiger partial charge in [0.25, 0.3) is 0 Å². The van der Waals surface area contributed by atoms with E-state index in [2.05, 4.69) is 9.55 Å². The Morgan fingerprint density at radius 1 is 0.960 bits per heavy atom. The molecule has 136 valence electrons. The van der Waals surface area contributed by atoms with E-state index in [-0.39, 0.29) is 17.9 Å². The summed E-state index contributed by atoms with van der Waals surface area (Å²) in [5.74, 6) is 1.35. The second kappa shape index (κ2) is 6.69. The van der Waals surface area contributed by atoms with Crippen molar-refractivity contribution in [2.24, 2.45) is 5.92 Å². The number of imidazole rings is 1. The molecule has 2 fully saturated rings. The van der Waals surface area contributed by atoms with Crippen LogP contribution in [0.2, 0.25) is 0 Å². The van der Waals surface area contributed by atoms with Crippen LogP contribution in [0.15, 0.2) is 6.20 Å². The fourth-order valence-electron chi connectivity index (χ4n) is 4.32. The number of carbonyl (C=O) groups is 2. The predicted octanol–water partition coefficient (Wildman–Crippen LogP) is 1.11. The van der Waals surface area contributed by atoms with Crippen molar-refractivity contribution in [1.29, 1.82) is 0 Å². The maximum Gasteiger partial charge on any atom is 0.320 e. The minimum atomic E-state index is 0.0597. The smallest absolute Gasteiger partial charge is 0.320 e. The lowest BCUT2D eigenvalue weighted by Gasteiger charge is -2.38. The molecule has 7 heteroatoms. The first kappa shape index (κ1) is 16.4. The maximum atomic E-state index is 12.9. The van der Waals surface area contributed by atoms with Crippen LogP contribution >= 0.6 is 0 Å². The zero-order valence-electron chi connectivity index (χ0n) is 15.0. The first-order valence-electron chi connectivity index (χ1n) is 9.47. The van der Waals surface area contributed by atoms with E-state index in [1.54, 1.807) is 0 Å².